The first-order valence-corrected chi connectivity index (χ1v) is 10.4. The maximum absolute atomic E-state index is 12.9. The maximum Gasteiger partial charge on any atom is 0.352 e. The Bertz CT molecular complexity index is 1070. The molecule has 3 heterocycles. The normalized spacial score (nSPS) is 20.7. The summed E-state index contributed by atoms with van der Waals surface area (Å²) in [5.74, 6) is -1.71. The zero-order valence-corrected chi connectivity index (χ0v) is 16.7. The number of anilines is 1. The summed E-state index contributed by atoms with van der Waals surface area (Å²) in [7, 11) is 0. The molecule has 1 aromatic carbocycles. The average molecular weight is 446 g/mol. The van der Waals surface area contributed by atoms with E-state index in [1.165, 1.54) is 17.8 Å². The Morgan fingerprint density at radius 3 is 2.77 bits per heavy atom. The first-order valence-electron chi connectivity index (χ1n) is 8.54. The molecule has 0 bridgehead atoms. The second kappa shape index (κ2) is 8.12. The van der Waals surface area contributed by atoms with Gasteiger partial charge in [0.15, 0.2) is 10.9 Å². The summed E-state index contributed by atoms with van der Waals surface area (Å²) >= 11 is 2.22. The third kappa shape index (κ3) is 3.71. The highest BCUT2D eigenvalue weighted by Gasteiger charge is 2.53. The van der Waals surface area contributed by atoms with Crippen molar-refractivity contribution in [2.45, 2.75) is 11.4 Å². The van der Waals surface area contributed by atoms with Crippen molar-refractivity contribution in [3.8, 4) is 5.75 Å². The number of nitrogens with two attached hydrogens (primary N) is 1. The summed E-state index contributed by atoms with van der Waals surface area (Å²) in [6.45, 7) is 0. The predicted octanol–water partition coefficient (Wildman–Crippen LogP) is 0.272. The molecule has 0 aliphatic carbocycles. The summed E-state index contributed by atoms with van der Waals surface area (Å²) in [5, 5.41) is 15.3. The van der Waals surface area contributed by atoms with Gasteiger partial charge in [-0.3, -0.25) is 14.5 Å². The molecule has 4 N–H and O–H groups in total. The number of para-hydroxylation sites is 1. The van der Waals surface area contributed by atoms with Crippen LogP contribution in [0.4, 0.5) is 5.13 Å². The number of thioether (sulfide) groups is 1. The molecule has 30 heavy (non-hydrogen) atoms. The van der Waals surface area contributed by atoms with E-state index in [0.717, 1.165) is 16.4 Å². The molecule has 2 aliphatic heterocycles. The lowest BCUT2D eigenvalue weighted by Gasteiger charge is -2.48. The number of oxime groups is 1. The molecule has 1 saturated heterocycles. The number of hydrogen-bond acceptors (Lipinski definition) is 10. The summed E-state index contributed by atoms with van der Waals surface area (Å²) in [6, 6.07) is 7.64. The van der Waals surface area contributed by atoms with Crippen LogP contribution in [0.15, 0.2) is 47.3 Å². The van der Waals surface area contributed by atoms with E-state index in [1.54, 1.807) is 30.3 Å². The average Bonchev–Trinajstić information content (AvgIpc) is 3.18. The minimum Gasteiger partial charge on any atom is -0.477 e. The number of nitrogens with one attached hydrogen (secondary N) is 1. The molecule has 11 nitrogen and oxygen atoms in total. The number of carbonyl (C=O) groups excluding carboxylic acids is 2. The van der Waals surface area contributed by atoms with Crippen molar-refractivity contribution in [2.75, 3.05) is 11.5 Å². The number of nitrogens with zero attached hydrogens (tertiary/aromatic N) is 4. The molecule has 2 amide bonds. The fraction of sp³-hybridized carbons (Fsp3) is 0.176. The maximum atomic E-state index is 12.9. The van der Waals surface area contributed by atoms with Crippen molar-refractivity contribution < 1.29 is 24.3 Å². The number of rotatable bonds is 6. The second-order valence-electron chi connectivity index (χ2n) is 6.08. The molecule has 1 fully saturated rings. The Morgan fingerprint density at radius 1 is 1.33 bits per heavy atom. The molecule has 1 aromatic heterocycles. The summed E-state index contributed by atoms with van der Waals surface area (Å²) in [5.41, 5.74) is 5.26. The van der Waals surface area contributed by atoms with Crippen molar-refractivity contribution in [1.82, 2.24) is 19.6 Å². The number of β-lactam (4-membered cyclic amide) rings is 1. The van der Waals surface area contributed by atoms with Gasteiger partial charge in [-0.05, 0) is 18.2 Å². The minimum absolute atomic E-state index is 0.0445. The molecule has 2 atom stereocenters. The van der Waals surface area contributed by atoms with Gasteiger partial charge in [0.2, 0.25) is 11.5 Å². The third-order valence-electron chi connectivity index (χ3n) is 4.21. The first kappa shape index (κ1) is 19.8. The van der Waals surface area contributed by atoms with E-state index in [0.29, 0.717) is 11.5 Å². The third-order valence-corrected chi connectivity index (χ3v) is 5.93. The topological polar surface area (TPSA) is 160 Å². The number of carboxylic acid groups (broad SMARTS) is 1. The van der Waals surface area contributed by atoms with Gasteiger partial charge >= 0.3 is 5.97 Å². The van der Waals surface area contributed by atoms with Gasteiger partial charge < -0.3 is 21.0 Å². The molecule has 0 spiro atoms. The number of nitrogen functional groups attached to an aromatic ring is 1. The van der Waals surface area contributed by atoms with E-state index >= 15 is 0 Å². The van der Waals surface area contributed by atoms with Crippen LogP contribution in [0.5, 0.6) is 5.75 Å². The zero-order chi connectivity index (χ0) is 21.3. The molecule has 0 radical (unpaired) electrons. The van der Waals surface area contributed by atoms with Crippen LogP contribution in [0.3, 0.4) is 0 Å². The fourth-order valence-corrected chi connectivity index (χ4v) is 4.47. The van der Waals surface area contributed by atoms with Crippen LogP contribution < -0.4 is 15.9 Å². The van der Waals surface area contributed by atoms with Crippen molar-refractivity contribution in [3.63, 3.8) is 0 Å². The second-order valence-corrected chi connectivity index (χ2v) is 8.01. The standard InChI is InChI=1S/C17H14N6O5S2/c18-17-20-12(22-30-17)10(21-28-8-4-2-1-3-5-8)13(24)19-11-14(25)23-9(16(26)27)6-7-29-15(11)23/h1-6,11,15H,7H2,(H,19,24)(H,26,27)(H2,18,20,22)/t11?,15-/m0/s1. The van der Waals surface area contributed by atoms with Crippen LogP contribution in [0.1, 0.15) is 5.82 Å². The van der Waals surface area contributed by atoms with Gasteiger partial charge in [0.1, 0.15) is 17.1 Å². The lowest BCUT2D eigenvalue weighted by molar-refractivity contribution is -0.150. The Balaban J connectivity index is 1.54. The number of aliphatic carboxylic acids is 1. The highest BCUT2D eigenvalue weighted by atomic mass is 32.2. The van der Waals surface area contributed by atoms with Crippen LogP contribution in [-0.4, -0.2) is 60.0 Å². The van der Waals surface area contributed by atoms with E-state index in [4.69, 9.17) is 10.6 Å². The van der Waals surface area contributed by atoms with E-state index in [2.05, 4.69) is 19.8 Å². The SMILES string of the molecule is Nc1nc(C(=NOc2ccccc2)C(=O)NC2C(=O)N3C(C(=O)O)=CCS[C@@H]23)ns1. The summed E-state index contributed by atoms with van der Waals surface area (Å²) in [4.78, 5) is 47.0. The fourth-order valence-electron chi connectivity index (χ4n) is 2.84. The molecule has 13 heteroatoms. The van der Waals surface area contributed by atoms with Crippen molar-refractivity contribution in [2.24, 2.45) is 5.16 Å². The van der Waals surface area contributed by atoms with Crippen LogP contribution in [-0.2, 0) is 14.4 Å². The lowest BCUT2D eigenvalue weighted by atomic mass is 10.0. The lowest BCUT2D eigenvalue weighted by Crippen LogP contribution is -2.70. The van der Waals surface area contributed by atoms with Crippen LogP contribution in [0.2, 0.25) is 0 Å². The number of fused-ring (bicyclic) bond motifs is 1. The molecule has 0 saturated carbocycles. The minimum atomic E-state index is -1.20. The van der Waals surface area contributed by atoms with Gasteiger partial charge in [0.25, 0.3) is 11.8 Å². The molecule has 154 valence electrons. The van der Waals surface area contributed by atoms with Gasteiger partial charge in [0.05, 0.1) is 0 Å². The van der Waals surface area contributed by atoms with Gasteiger partial charge in [-0.2, -0.15) is 9.36 Å². The molecule has 4 rings (SSSR count). The molecule has 2 aliphatic rings. The number of benzene rings is 1. The van der Waals surface area contributed by atoms with Gasteiger partial charge in [0, 0.05) is 17.3 Å². The van der Waals surface area contributed by atoms with Crippen molar-refractivity contribution >= 4 is 51.9 Å². The highest BCUT2D eigenvalue weighted by Crippen LogP contribution is 2.37. The molecule has 1 unspecified atom stereocenters. The van der Waals surface area contributed by atoms with Crippen LogP contribution in [0, 0.1) is 0 Å². The monoisotopic (exact) mass is 446 g/mol. The van der Waals surface area contributed by atoms with E-state index < -0.39 is 29.2 Å². The van der Waals surface area contributed by atoms with E-state index in [1.807, 2.05) is 0 Å². The predicted molar refractivity (Wildman–Crippen MR) is 109 cm³/mol. The number of amides is 2. The summed E-state index contributed by atoms with van der Waals surface area (Å²) < 4.78 is 3.98. The van der Waals surface area contributed by atoms with Crippen LogP contribution >= 0.6 is 23.3 Å². The van der Waals surface area contributed by atoms with Crippen molar-refractivity contribution in [3.05, 3.63) is 47.9 Å². The van der Waals surface area contributed by atoms with Crippen molar-refractivity contribution in [1.29, 1.82) is 0 Å². The van der Waals surface area contributed by atoms with Gasteiger partial charge in [-0.1, -0.05) is 23.4 Å². The number of carboxylic acids is 1. The Labute approximate surface area is 177 Å². The number of hydrogen-bond donors (Lipinski definition) is 3. The van der Waals surface area contributed by atoms with Crippen LogP contribution in [0.25, 0.3) is 0 Å². The van der Waals surface area contributed by atoms with Gasteiger partial charge in [-0.25, -0.2) is 4.79 Å². The Kier molecular flexibility index (Phi) is 5.37. The zero-order valence-electron chi connectivity index (χ0n) is 15.1. The summed E-state index contributed by atoms with van der Waals surface area (Å²) in [6.07, 6.45) is 1.46. The number of carbonyl (C=O) groups is 3. The first-order chi connectivity index (χ1) is 14.5. The smallest absolute Gasteiger partial charge is 0.352 e. The molecular formula is C17H14N6O5S2. The Hall–Kier alpha value is -3.45. The molecule has 2 aromatic rings. The largest absolute Gasteiger partial charge is 0.477 e. The Morgan fingerprint density at radius 2 is 2.10 bits per heavy atom. The number of aromatic nitrogens is 2. The van der Waals surface area contributed by atoms with E-state index in [-0.39, 0.29) is 22.4 Å². The quantitative estimate of drug-likeness (QED) is 0.321. The van der Waals surface area contributed by atoms with E-state index in [9.17, 15) is 19.5 Å². The highest BCUT2D eigenvalue weighted by molar-refractivity contribution is 8.00. The molecular weight excluding hydrogens is 432 g/mol. The van der Waals surface area contributed by atoms with Gasteiger partial charge in [-0.15, -0.1) is 11.8 Å².